The van der Waals surface area contributed by atoms with Crippen molar-refractivity contribution >= 4 is 46.7 Å². The maximum atomic E-state index is 5.99. The van der Waals surface area contributed by atoms with E-state index in [0.29, 0.717) is 38.2 Å². The van der Waals surface area contributed by atoms with E-state index in [1.54, 1.807) is 0 Å². The summed E-state index contributed by atoms with van der Waals surface area (Å²) in [6.07, 6.45) is 0.960. The van der Waals surface area contributed by atoms with E-state index in [2.05, 4.69) is 25.2 Å². The lowest BCUT2D eigenvalue weighted by Crippen LogP contribution is -2.38. The first kappa shape index (κ1) is 20.1. The highest BCUT2D eigenvalue weighted by Gasteiger charge is 2.29. The standard InChI is InChI=1S/C15H23Cl3N6O2/c16-15(17,18)12-20-13(19-2-1-3-23-4-8-25-9-5-23)22-14(21-12)24-6-10-26-11-7-24/h1-11H2,(H,19,20,21,22). The third kappa shape index (κ3) is 5.94. The summed E-state index contributed by atoms with van der Waals surface area (Å²) in [4.78, 5) is 17.4. The molecular weight excluding hydrogens is 403 g/mol. The number of rotatable bonds is 6. The zero-order valence-corrected chi connectivity index (χ0v) is 16.7. The van der Waals surface area contributed by atoms with Gasteiger partial charge in [-0.05, 0) is 13.0 Å². The number of hydrogen-bond acceptors (Lipinski definition) is 8. The van der Waals surface area contributed by atoms with Gasteiger partial charge in [-0.3, -0.25) is 4.90 Å². The molecule has 146 valence electrons. The van der Waals surface area contributed by atoms with Crippen LogP contribution in [0.2, 0.25) is 0 Å². The van der Waals surface area contributed by atoms with Gasteiger partial charge in [0.05, 0.1) is 26.4 Å². The average Bonchev–Trinajstić information content (AvgIpc) is 2.66. The number of aromatic nitrogens is 3. The Balaban J connectivity index is 1.61. The van der Waals surface area contributed by atoms with Gasteiger partial charge in [-0.15, -0.1) is 0 Å². The Morgan fingerprint density at radius 2 is 1.58 bits per heavy atom. The Kier molecular flexibility index (Phi) is 7.36. The number of morpholine rings is 2. The van der Waals surface area contributed by atoms with E-state index in [1.807, 2.05) is 4.90 Å². The Morgan fingerprint density at radius 3 is 2.23 bits per heavy atom. The lowest BCUT2D eigenvalue weighted by atomic mass is 10.3. The van der Waals surface area contributed by atoms with Crippen molar-refractivity contribution in [2.45, 2.75) is 10.2 Å². The number of hydrogen-bond donors (Lipinski definition) is 1. The minimum atomic E-state index is -1.70. The van der Waals surface area contributed by atoms with Crippen LogP contribution in [0.15, 0.2) is 0 Å². The van der Waals surface area contributed by atoms with Gasteiger partial charge in [0.15, 0.2) is 5.82 Å². The van der Waals surface area contributed by atoms with Gasteiger partial charge in [-0.25, -0.2) is 0 Å². The van der Waals surface area contributed by atoms with Crippen molar-refractivity contribution in [1.29, 1.82) is 0 Å². The molecule has 3 heterocycles. The van der Waals surface area contributed by atoms with E-state index in [9.17, 15) is 0 Å². The molecule has 0 radical (unpaired) electrons. The van der Waals surface area contributed by atoms with E-state index in [-0.39, 0.29) is 5.82 Å². The van der Waals surface area contributed by atoms with Crippen LogP contribution in [-0.4, -0.2) is 85.5 Å². The molecule has 1 N–H and O–H groups in total. The summed E-state index contributed by atoms with van der Waals surface area (Å²) in [6.45, 7) is 7.91. The summed E-state index contributed by atoms with van der Waals surface area (Å²) >= 11 is 18.0. The number of nitrogens with one attached hydrogen (secondary N) is 1. The third-order valence-corrected chi connectivity index (χ3v) is 4.72. The highest BCUT2D eigenvalue weighted by molar-refractivity contribution is 6.66. The quantitative estimate of drug-likeness (QED) is 0.545. The summed E-state index contributed by atoms with van der Waals surface area (Å²) in [7, 11) is 0. The van der Waals surface area contributed by atoms with Gasteiger partial charge in [-0.2, -0.15) is 15.0 Å². The van der Waals surface area contributed by atoms with Crippen molar-refractivity contribution in [2.24, 2.45) is 0 Å². The highest BCUT2D eigenvalue weighted by Crippen LogP contribution is 2.36. The topological polar surface area (TPSA) is 75.6 Å². The predicted molar refractivity (Wildman–Crippen MR) is 102 cm³/mol. The van der Waals surface area contributed by atoms with Crippen LogP contribution in [0.3, 0.4) is 0 Å². The Labute approximate surface area is 168 Å². The molecular formula is C15H23Cl3N6O2. The molecule has 0 unspecified atom stereocenters. The Morgan fingerprint density at radius 1 is 0.923 bits per heavy atom. The Hall–Kier alpha value is -0.640. The molecule has 1 aromatic rings. The number of alkyl halides is 3. The van der Waals surface area contributed by atoms with Gasteiger partial charge in [-0.1, -0.05) is 34.8 Å². The molecule has 0 bridgehead atoms. The van der Waals surface area contributed by atoms with Gasteiger partial charge < -0.3 is 19.7 Å². The lowest BCUT2D eigenvalue weighted by Gasteiger charge is -2.27. The van der Waals surface area contributed by atoms with Crippen LogP contribution in [-0.2, 0) is 13.3 Å². The van der Waals surface area contributed by atoms with Crippen molar-refractivity contribution in [1.82, 2.24) is 19.9 Å². The van der Waals surface area contributed by atoms with Crippen LogP contribution in [0.1, 0.15) is 12.2 Å². The summed E-state index contributed by atoms with van der Waals surface area (Å²) in [5, 5.41) is 3.22. The van der Waals surface area contributed by atoms with Gasteiger partial charge in [0.1, 0.15) is 0 Å². The molecule has 3 rings (SSSR count). The van der Waals surface area contributed by atoms with E-state index in [0.717, 1.165) is 45.8 Å². The molecule has 0 spiro atoms. The minimum absolute atomic E-state index is 0.120. The zero-order chi connectivity index (χ0) is 18.4. The largest absolute Gasteiger partial charge is 0.379 e. The van der Waals surface area contributed by atoms with E-state index in [4.69, 9.17) is 44.3 Å². The Bertz CT molecular complexity index is 577. The van der Waals surface area contributed by atoms with Gasteiger partial charge in [0, 0.05) is 32.7 Å². The molecule has 0 atom stereocenters. The van der Waals surface area contributed by atoms with Gasteiger partial charge in [0.2, 0.25) is 15.7 Å². The van der Waals surface area contributed by atoms with Gasteiger partial charge >= 0.3 is 0 Å². The van der Waals surface area contributed by atoms with Crippen molar-refractivity contribution < 1.29 is 9.47 Å². The first-order valence-electron chi connectivity index (χ1n) is 8.72. The maximum absolute atomic E-state index is 5.99. The number of nitrogens with zero attached hydrogens (tertiary/aromatic N) is 5. The first-order chi connectivity index (χ1) is 12.5. The van der Waals surface area contributed by atoms with E-state index < -0.39 is 3.79 Å². The molecule has 1 aromatic heterocycles. The van der Waals surface area contributed by atoms with E-state index >= 15 is 0 Å². The summed E-state index contributed by atoms with van der Waals surface area (Å²) in [5.74, 6) is 1.04. The molecule has 0 aromatic carbocycles. The van der Waals surface area contributed by atoms with Gasteiger partial charge in [0.25, 0.3) is 0 Å². The molecule has 0 aliphatic carbocycles. The fourth-order valence-corrected chi connectivity index (χ4v) is 3.06. The van der Waals surface area contributed by atoms with Crippen molar-refractivity contribution in [3.05, 3.63) is 5.82 Å². The lowest BCUT2D eigenvalue weighted by molar-refractivity contribution is 0.0378. The SMILES string of the molecule is ClC(Cl)(Cl)c1nc(NCCCN2CCOCC2)nc(N2CCOCC2)n1. The fraction of sp³-hybridized carbons (Fsp3) is 0.800. The summed E-state index contributed by atoms with van der Waals surface area (Å²) < 4.78 is 9.02. The van der Waals surface area contributed by atoms with Crippen molar-refractivity contribution in [3.63, 3.8) is 0 Å². The normalized spacial score (nSPS) is 19.6. The fourth-order valence-electron chi connectivity index (χ4n) is 2.80. The van der Waals surface area contributed by atoms with Crippen LogP contribution in [0, 0.1) is 0 Å². The van der Waals surface area contributed by atoms with Crippen LogP contribution in [0.4, 0.5) is 11.9 Å². The second-order valence-corrected chi connectivity index (χ2v) is 8.40. The molecule has 2 aliphatic heterocycles. The molecule has 11 heteroatoms. The monoisotopic (exact) mass is 424 g/mol. The van der Waals surface area contributed by atoms with Crippen LogP contribution in [0.5, 0.6) is 0 Å². The molecule has 0 saturated carbocycles. The molecule has 2 saturated heterocycles. The average molecular weight is 426 g/mol. The van der Waals surface area contributed by atoms with Crippen LogP contribution >= 0.6 is 34.8 Å². The summed E-state index contributed by atoms with van der Waals surface area (Å²) in [6, 6.07) is 0. The maximum Gasteiger partial charge on any atom is 0.250 e. The van der Waals surface area contributed by atoms with Crippen LogP contribution < -0.4 is 10.2 Å². The third-order valence-electron chi connectivity index (χ3n) is 4.21. The second-order valence-electron chi connectivity index (χ2n) is 6.11. The predicted octanol–water partition coefficient (Wildman–Crippen LogP) is 1.67. The number of anilines is 2. The smallest absolute Gasteiger partial charge is 0.250 e. The van der Waals surface area contributed by atoms with Crippen LogP contribution in [0.25, 0.3) is 0 Å². The summed E-state index contributed by atoms with van der Waals surface area (Å²) in [5.41, 5.74) is 0. The zero-order valence-electron chi connectivity index (χ0n) is 14.5. The number of ether oxygens (including phenoxy) is 2. The molecule has 0 amide bonds. The molecule has 26 heavy (non-hydrogen) atoms. The second kappa shape index (κ2) is 9.52. The first-order valence-corrected chi connectivity index (χ1v) is 9.86. The minimum Gasteiger partial charge on any atom is -0.379 e. The molecule has 8 nitrogen and oxygen atoms in total. The molecule has 2 aliphatic rings. The highest BCUT2D eigenvalue weighted by atomic mass is 35.6. The number of halogens is 3. The van der Waals surface area contributed by atoms with E-state index in [1.165, 1.54) is 0 Å². The van der Waals surface area contributed by atoms with Crippen molar-refractivity contribution in [3.8, 4) is 0 Å². The van der Waals surface area contributed by atoms with Crippen molar-refractivity contribution in [2.75, 3.05) is 75.9 Å². The molecule has 2 fully saturated rings.